The Hall–Kier alpha value is -1.87. The highest BCUT2D eigenvalue weighted by molar-refractivity contribution is 7.90. The summed E-state index contributed by atoms with van der Waals surface area (Å²) in [6.45, 7) is 2.76. The van der Waals surface area contributed by atoms with Crippen molar-refractivity contribution in [3.8, 4) is 5.75 Å². The SMILES string of the molecule is CC1CCCN(S(=O)(=O)Nc2cc([N+](=O)[O-])ccc2O)C1. The van der Waals surface area contributed by atoms with Crippen LogP contribution in [0.25, 0.3) is 0 Å². The van der Waals surface area contributed by atoms with Gasteiger partial charge in [-0.25, -0.2) is 0 Å². The predicted octanol–water partition coefficient (Wildman–Crippen LogP) is 1.69. The van der Waals surface area contributed by atoms with Gasteiger partial charge in [0.25, 0.3) is 5.69 Å². The fraction of sp³-hybridized carbons (Fsp3) is 0.500. The van der Waals surface area contributed by atoms with Gasteiger partial charge in [0.05, 0.1) is 10.6 Å². The first-order valence-corrected chi connectivity index (χ1v) is 7.99. The molecule has 1 heterocycles. The van der Waals surface area contributed by atoms with Gasteiger partial charge in [-0.15, -0.1) is 0 Å². The molecule has 2 N–H and O–H groups in total. The molecular weight excluding hydrogens is 298 g/mol. The lowest BCUT2D eigenvalue weighted by Crippen LogP contribution is -2.42. The van der Waals surface area contributed by atoms with Gasteiger partial charge >= 0.3 is 10.2 Å². The molecule has 0 aliphatic carbocycles. The Balaban J connectivity index is 2.23. The van der Waals surface area contributed by atoms with Gasteiger partial charge in [-0.1, -0.05) is 6.92 Å². The third kappa shape index (κ3) is 3.61. The van der Waals surface area contributed by atoms with Crippen LogP contribution in [0.3, 0.4) is 0 Å². The summed E-state index contributed by atoms with van der Waals surface area (Å²) in [6.07, 6.45) is 1.73. The van der Waals surface area contributed by atoms with Crippen LogP contribution in [0.2, 0.25) is 0 Å². The van der Waals surface area contributed by atoms with Crippen LogP contribution in [0.5, 0.6) is 5.75 Å². The number of nitrogens with zero attached hydrogens (tertiary/aromatic N) is 2. The van der Waals surface area contributed by atoms with Gasteiger partial charge in [0.2, 0.25) is 0 Å². The van der Waals surface area contributed by atoms with Crippen LogP contribution in [-0.4, -0.2) is 35.8 Å². The Morgan fingerprint density at radius 2 is 2.19 bits per heavy atom. The lowest BCUT2D eigenvalue weighted by atomic mass is 10.0. The first-order valence-electron chi connectivity index (χ1n) is 6.55. The van der Waals surface area contributed by atoms with Gasteiger partial charge in [-0.2, -0.15) is 12.7 Å². The van der Waals surface area contributed by atoms with Gasteiger partial charge in [-0.05, 0) is 24.8 Å². The van der Waals surface area contributed by atoms with Gasteiger partial charge in [0, 0.05) is 25.2 Å². The summed E-state index contributed by atoms with van der Waals surface area (Å²) in [7, 11) is -3.83. The van der Waals surface area contributed by atoms with Gasteiger partial charge < -0.3 is 5.11 Å². The van der Waals surface area contributed by atoms with E-state index in [1.54, 1.807) is 0 Å². The minimum Gasteiger partial charge on any atom is -0.506 e. The number of phenols is 1. The molecule has 0 radical (unpaired) electrons. The molecule has 1 atom stereocenters. The number of anilines is 1. The van der Waals surface area contributed by atoms with E-state index in [0.29, 0.717) is 13.1 Å². The lowest BCUT2D eigenvalue weighted by molar-refractivity contribution is -0.384. The summed E-state index contributed by atoms with van der Waals surface area (Å²) in [5, 5.41) is 20.4. The minimum absolute atomic E-state index is 0.192. The van der Waals surface area contributed by atoms with Crippen molar-refractivity contribution in [2.45, 2.75) is 19.8 Å². The zero-order valence-electron chi connectivity index (χ0n) is 11.5. The fourth-order valence-corrected chi connectivity index (χ4v) is 3.68. The van der Waals surface area contributed by atoms with Gasteiger partial charge in [0.1, 0.15) is 5.75 Å². The molecule has 1 aromatic carbocycles. The highest BCUT2D eigenvalue weighted by Gasteiger charge is 2.28. The molecule has 1 unspecified atom stereocenters. The second-order valence-corrected chi connectivity index (χ2v) is 6.84. The molecule has 0 aromatic heterocycles. The van der Waals surface area contributed by atoms with Gasteiger partial charge in [-0.3, -0.25) is 14.8 Å². The van der Waals surface area contributed by atoms with Crippen molar-refractivity contribution in [3.05, 3.63) is 28.3 Å². The van der Waals surface area contributed by atoms with Crippen LogP contribution in [0.1, 0.15) is 19.8 Å². The molecule has 0 saturated carbocycles. The molecule has 0 bridgehead atoms. The number of aromatic hydroxyl groups is 1. The van der Waals surface area contributed by atoms with Crippen LogP contribution in [0.4, 0.5) is 11.4 Å². The molecule has 1 aliphatic rings. The smallest absolute Gasteiger partial charge is 0.301 e. The maximum atomic E-state index is 12.3. The predicted molar refractivity (Wildman–Crippen MR) is 77.3 cm³/mol. The quantitative estimate of drug-likeness (QED) is 0.498. The van der Waals surface area contributed by atoms with Crippen molar-refractivity contribution in [1.29, 1.82) is 0 Å². The van der Waals surface area contributed by atoms with E-state index in [2.05, 4.69) is 4.72 Å². The average molecular weight is 315 g/mol. The van der Waals surface area contributed by atoms with Crippen LogP contribution >= 0.6 is 0 Å². The average Bonchev–Trinajstić information content (AvgIpc) is 2.41. The molecule has 21 heavy (non-hydrogen) atoms. The van der Waals surface area contributed by atoms with E-state index < -0.39 is 15.1 Å². The second-order valence-electron chi connectivity index (χ2n) is 5.17. The largest absolute Gasteiger partial charge is 0.506 e. The van der Waals surface area contributed by atoms with Crippen molar-refractivity contribution < 1.29 is 18.4 Å². The molecule has 0 spiro atoms. The molecule has 9 heteroatoms. The van der Waals surface area contributed by atoms with Crippen molar-refractivity contribution in [2.75, 3.05) is 17.8 Å². The standard InChI is InChI=1S/C12H17N3O5S/c1-9-3-2-6-14(8-9)21(19,20)13-11-7-10(15(17)18)4-5-12(11)16/h4-5,7,9,13,16H,2-3,6,8H2,1H3. The van der Waals surface area contributed by atoms with Crippen molar-refractivity contribution in [3.63, 3.8) is 0 Å². The topological polar surface area (TPSA) is 113 Å². The van der Waals surface area contributed by atoms with Gasteiger partial charge in [0.15, 0.2) is 0 Å². The Bertz CT molecular complexity index is 646. The molecular formula is C12H17N3O5S. The van der Waals surface area contributed by atoms with Crippen LogP contribution in [0.15, 0.2) is 18.2 Å². The summed E-state index contributed by atoms with van der Waals surface area (Å²) in [6, 6.07) is 3.20. The highest BCUT2D eigenvalue weighted by Crippen LogP contribution is 2.29. The normalized spacial score (nSPS) is 20.1. The Kier molecular flexibility index (Phi) is 4.33. The van der Waals surface area contributed by atoms with Crippen LogP contribution < -0.4 is 4.72 Å². The zero-order chi connectivity index (χ0) is 15.6. The minimum atomic E-state index is -3.83. The van der Waals surface area contributed by atoms with E-state index in [0.717, 1.165) is 31.0 Å². The number of phenolic OH excluding ortho intramolecular Hbond substituents is 1. The maximum absolute atomic E-state index is 12.3. The highest BCUT2D eigenvalue weighted by atomic mass is 32.2. The number of hydrogen-bond acceptors (Lipinski definition) is 5. The van der Waals surface area contributed by atoms with E-state index in [1.165, 1.54) is 4.31 Å². The zero-order valence-corrected chi connectivity index (χ0v) is 12.3. The molecule has 8 nitrogen and oxygen atoms in total. The fourth-order valence-electron chi connectivity index (χ4n) is 2.29. The number of rotatable bonds is 4. The summed E-state index contributed by atoms with van der Waals surface area (Å²) in [4.78, 5) is 10.1. The van der Waals surface area contributed by atoms with E-state index in [1.807, 2.05) is 6.92 Å². The lowest BCUT2D eigenvalue weighted by Gasteiger charge is -2.30. The van der Waals surface area contributed by atoms with E-state index in [9.17, 15) is 23.6 Å². The molecule has 2 rings (SSSR count). The summed E-state index contributed by atoms with van der Waals surface area (Å²) >= 11 is 0. The van der Waals surface area contributed by atoms with E-state index in [4.69, 9.17) is 0 Å². The number of non-ortho nitro benzene ring substituents is 1. The molecule has 1 aliphatic heterocycles. The number of nitrogens with one attached hydrogen (secondary N) is 1. The maximum Gasteiger partial charge on any atom is 0.301 e. The van der Waals surface area contributed by atoms with Crippen molar-refractivity contribution in [2.24, 2.45) is 5.92 Å². The first-order chi connectivity index (χ1) is 9.79. The van der Waals surface area contributed by atoms with E-state index >= 15 is 0 Å². The molecule has 116 valence electrons. The number of nitro benzene ring substituents is 1. The van der Waals surface area contributed by atoms with Crippen molar-refractivity contribution >= 4 is 21.6 Å². The molecule has 1 aromatic rings. The first kappa shape index (κ1) is 15.5. The third-order valence-electron chi connectivity index (χ3n) is 3.39. The third-order valence-corrected chi connectivity index (χ3v) is 4.88. The Labute approximate surface area is 122 Å². The molecule has 1 saturated heterocycles. The molecule has 1 fully saturated rings. The van der Waals surface area contributed by atoms with E-state index in [-0.39, 0.29) is 23.0 Å². The Morgan fingerprint density at radius 1 is 1.48 bits per heavy atom. The second kappa shape index (κ2) is 5.86. The monoisotopic (exact) mass is 315 g/mol. The van der Waals surface area contributed by atoms with Crippen LogP contribution in [0, 0.1) is 16.0 Å². The molecule has 0 amide bonds. The summed E-state index contributed by atoms with van der Waals surface area (Å²) in [5.41, 5.74) is -0.486. The number of nitro groups is 1. The Morgan fingerprint density at radius 3 is 2.81 bits per heavy atom. The summed E-state index contributed by atoms with van der Waals surface area (Å²) < 4.78 is 28.0. The number of benzene rings is 1. The number of hydrogen-bond donors (Lipinski definition) is 2. The number of piperidine rings is 1. The van der Waals surface area contributed by atoms with Crippen molar-refractivity contribution in [1.82, 2.24) is 4.31 Å². The summed E-state index contributed by atoms with van der Waals surface area (Å²) in [5.74, 6) is -0.0942. The van der Waals surface area contributed by atoms with Crippen LogP contribution in [-0.2, 0) is 10.2 Å².